The molecule has 0 fully saturated rings. The Kier molecular flexibility index (Phi) is 4.95. The first-order valence-electron chi connectivity index (χ1n) is 5.49. The van der Waals surface area contributed by atoms with Crippen LogP contribution in [-0.2, 0) is 15.7 Å². The molecule has 0 aliphatic carbocycles. The number of carboxylic acids is 1. The number of alkyl halides is 3. The Balaban J connectivity index is 3.13. The Hall–Kier alpha value is -2.25. The Bertz CT molecular complexity index is 510. The second-order valence-electron chi connectivity index (χ2n) is 3.58. The first-order chi connectivity index (χ1) is 9.27. The van der Waals surface area contributed by atoms with Gasteiger partial charge in [0.1, 0.15) is 11.3 Å². The van der Waals surface area contributed by atoms with E-state index in [-0.39, 0.29) is 6.61 Å². The molecule has 110 valence electrons. The highest BCUT2D eigenvalue weighted by Crippen LogP contribution is 2.38. The molecule has 0 bridgehead atoms. The molecule has 8 heteroatoms. The lowest BCUT2D eigenvalue weighted by atomic mass is 10.1. The highest BCUT2D eigenvalue weighted by atomic mass is 19.4. The predicted molar refractivity (Wildman–Crippen MR) is 60.5 cm³/mol. The van der Waals surface area contributed by atoms with Crippen molar-refractivity contribution in [1.82, 2.24) is 0 Å². The number of hydrogen-bond acceptors (Lipinski definition) is 4. The smallest absolute Gasteiger partial charge is 0.419 e. The Morgan fingerprint density at radius 1 is 1.30 bits per heavy atom. The lowest BCUT2D eigenvalue weighted by Crippen LogP contribution is -2.19. The molecule has 1 aromatic carbocycles. The second kappa shape index (κ2) is 6.27. The molecule has 0 saturated carbocycles. The Morgan fingerprint density at radius 3 is 2.45 bits per heavy atom. The van der Waals surface area contributed by atoms with Crippen LogP contribution in [0.15, 0.2) is 18.2 Å². The van der Waals surface area contributed by atoms with Gasteiger partial charge in [-0.1, -0.05) is 6.07 Å². The monoisotopic (exact) mass is 292 g/mol. The summed E-state index contributed by atoms with van der Waals surface area (Å²) in [7, 11) is 0. The maximum Gasteiger partial charge on any atom is 0.419 e. The minimum atomic E-state index is -4.80. The van der Waals surface area contributed by atoms with Gasteiger partial charge in [-0.3, -0.25) is 0 Å². The largest absolute Gasteiger partial charge is 0.480 e. The van der Waals surface area contributed by atoms with E-state index in [0.29, 0.717) is 6.07 Å². The summed E-state index contributed by atoms with van der Waals surface area (Å²) >= 11 is 0. The van der Waals surface area contributed by atoms with Crippen LogP contribution in [0.2, 0.25) is 0 Å². The zero-order valence-electron chi connectivity index (χ0n) is 10.4. The van der Waals surface area contributed by atoms with E-state index in [9.17, 15) is 22.8 Å². The molecule has 1 aromatic rings. The van der Waals surface area contributed by atoms with E-state index in [1.54, 1.807) is 0 Å². The molecular weight excluding hydrogens is 281 g/mol. The first kappa shape index (κ1) is 15.8. The Morgan fingerprint density at radius 2 is 1.95 bits per heavy atom. The van der Waals surface area contributed by atoms with Crippen molar-refractivity contribution in [2.75, 3.05) is 13.2 Å². The highest BCUT2D eigenvalue weighted by molar-refractivity contribution is 5.91. The fourth-order valence-electron chi connectivity index (χ4n) is 1.42. The fourth-order valence-corrected chi connectivity index (χ4v) is 1.42. The minimum Gasteiger partial charge on any atom is -0.480 e. The average molecular weight is 292 g/mol. The standard InChI is InChI=1S/C12H11F3O5/c1-2-19-9(16)6-20-10-7(11(17)18)4-3-5-8(10)12(13,14)15/h3-5H,2,6H2,1H3,(H,17,18). The van der Waals surface area contributed by atoms with Crippen LogP contribution in [0.4, 0.5) is 13.2 Å². The van der Waals surface area contributed by atoms with Gasteiger partial charge in [0, 0.05) is 0 Å². The van der Waals surface area contributed by atoms with Gasteiger partial charge in [0.15, 0.2) is 6.61 Å². The number of benzene rings is 1. The fraction of sp³-hybridized carbons (Fsp3) is 0.333. The molecule has 20 heavy (non-hydrogen) atoms. The van der Waals surface area contributed by atoms with Crippen molar-refractivity contribution >= 4 is 11.9 Å². The third-order valence-corrected chi connectivity index (χ3v) is 2.19. The van der Waals surface area contributed by atoms with Crippen LogP contribution in [0.25, 0.3) is 0 Å². The summed E-state index contributed by atoms with van der Waals surface area (Å²) in [4.78, 5) is 22.0. The number of carboxylic acid groups (broad SMARTS) is 1. The predicted octanol–water partition coefficient (Wildman–Crippen LogP) is 2.35. The van der Waals surface area contributed by atoms with Crippen LogP contribution in [0, 0.1) is 0 Å². The number of rotatable bonds is 5. The van der Waals surface area contributed by atoms with Crippen molar-refractivity contribution in [2.45, 2.75) is 13.1 Å². The molecule has 0 unspecified atom stereocenters. The van der Waals surface area contributed by atoms with Crippen LogP contribution in [0.3, 0.4) is 0 Å². The van der Waals surface area contributed by atoms with E-state index in [0.717, 1.165) is 12.1 Å². The number of para-hydroxylation sites is 1. The molecule has 0 aromatic heterocycles. The van der Waals surface area contributed by atoms with Gasteiger partial charge in [-0.15, -0.1) is 0 Å². The summed E-state index contributed by atoms with van der Waals surface area (Å²) < 4.78 is 47.5. The van der Waals surface area contributed by atoms with Crippen LogP contribution >= 0.6 is 0 Å². The molecule has 1 N–H and O–H groups in total. The van der Waals surface area contributed by atoms with Gasteiger partial charge in [-0.2, -0.15) is 13.2 Å². The third-order valence-electron chi connectivity index (χ3n) is 2.19. The van der Waals surface area contributed by atoms with Crippen LogP contribution in [0.5, 0.6) is 5.75 Å². The summed E-state index contributed by atoms with van der Waals surface area (Å²) in [5, 5.41) is 8.86. The van der Waals surface area contributed by atoms with E-state index < -0.39 is 41.6 Å². The highest BCUT2D eigenvalue weighted by Gasteiger charge is 2.36. The van der Waals surface area contributed by atoms with E-state index >= 15 is 0 Å². The van der Waals surface area contributed by atoms with Crippen molar-refractivity contribution in [3.63, 3.8) is 0 Å². The van der Waals surface area contributed by atoms with Crippen molar-refractivity contribution < 1.29 is 37.3 Å². The van der Waals surface area contributed by atoms with Crippen LogP contribution in [-0.4, -0.2) is 30.3 Å². The lowest BCUT2D eigenvalue weighted by Gasteiger charge is -2.15. The molecular formula is C12H11F3O5. The Labute approximate surface area is 111 Å². The van der Waals surface area contributed by atoms with Gasteiger partial charge in [0.05, 0.1) is 12.2 Å². The molecule has 0 radical (unpaired) electrons. The summed E-state index contributed by atoms with van der Waals surface area (Å²) in [6.45, 7) is 0.750. The number of ether oxygens (including phenoxy) is 2. The lowest BCUT2D eigenvalue weighted by molar-refractivity contribution is -0.147. The molecule has 0 amide bonds. The molecule has 0 aliphatic heterocycles. The number of esters is 1. The maximum atomic E-state index is 12.8. The van der Waals surface area contributed by atoms with Gasteiger partial charge in [-0.05, 0) is 19.1 Å². The van der Waals surface area contributed by atoms with Gasteiger partial charge < -0.3 is 14.6 Å². The molecule has 5 nitrogen and oxygen atoms in total. The van der Waals surface area contributed by atoms with E-state index in [1.807, 2.05) is 0 Å². The SMILES string of the molecule is CCOC(=O)COc1c(C(=O)O)cccc1C(F)(F)F. The number of carbonyl (C=O) groups is 2. The van der Waals surface area contributed by atoms with Gasteiger partial charge in [0.25, 0.3) is 0 Å². The number of carbonyl (C=O) groups excluding carboxylic acids is 1. The number of aromatic carboxylic acids is 1. The first-order valence-corrected chi connectivity index (χ1v) is 5.49. The number of hydrogen-bond donors (Lipinski definition) is 1. The second-order valence-corrected chi connectivity index (χ2v) is 3.58. The zero-order chi connectivity index (χ0) is 15.3. The quantitative estimate of drug-likeness (QED) is 0.843. The normalized spacial score (nSPS) is 11.0. The number of halogens is 3. The van der Waals surface area contributed by atoms with Crippen molar-refractivity contribution in [3.05, 3.63) is 29.3 Å². The molecule has 0 heterocycles. The topological polar surface area (TPSA) is 72.8 Å². The molecule has 0 saturated heterocycles. The average Bonchev–Trinajstić information content (AvgIpc) is 2.35. The maximum absolute atomic E-state index is 12.8. The zero-order valence-corrected chi connectivity index (χ0v) is 10.4. The molecule has 1 rings (SSSR count). The third kappa shape index (κ3) is 3.87. The van der Waals surface area contributed by atoms with E-state index in [2.05, 4.69) is 4.74 Å². The van der Waals surface area contributed by atoms with Gasteiger partial charge in [-0.25, -0.2) is 9.59 Å². The molecule has 0 spiro atoms. The summed E-state index contributed by atoms with van der Waals surface area (Å²) in [5.41, 5.74) is -1.94. The molecule has 0 aliphatic rings. The van der Waals surface area contributed by atoms with Crippen LogP contribution < -0.4 is 4.74 Å². The van der Waals surface area contributed by atoms with Gasteiger partial charge in [0.2, 0.25) is 0 Å². The summed E-state index contributed by atoms with van der Waals surface area (Å²) in [5.74, 6) is -3.38. The minimum absolute atomic E-state index is 0.0366. The summed E-state index contributed by atoms with van der Waals surface area (Å²) in [6.07, 6.45) is -4.80. The van der Waals surface area contributed by atoms with Crippen molar-refractivity contribution in [1.29, 1.82) is 0 Å². The van der Waals surface area contributed by atoms with Crippen molar-refractivity contribution in [2.24, 2.45) is 0 Å². The van der Waals surface area contributed by atoms with Crippen LogP contribution in [0.1, 0.15) is 22.8 Å². The van der Waals surface area contributed by atoms with Crippen molar-refractivity contribution in [3.8, 4) is 5.75 Å². The van der Waals surface area contributed by atoms with E-state index in [4.69, 9.17) is 9.84 Å². The summed E-state index contributed by atoms with van der Waals surface area (Å²) in [6, 6.07) is 2.58. The van der Waals surface area contributed by atoms with E-state index in [1.165, 1.54) is 6.92 Å². The van der Waals surface area contributed by atoms with Gasteiger partial charge >= 0.3 is 18.1 Å². The molecule has 0 atom stereocenters.